The minimum absolute atomic E-state index is 0.0982. The normalized spacial score (nSPS) is 10.5. The van der Waals surface area contributed by atoms with E-state index in [0.717, 1.165) is 29.7 Å². The molecule has 0 aliphatic carbocycles. The highest BCUT2D eigenvalue weighted by Gasteiger charge is 2.02. The Labute approximate surface area is 118 Å². The summed E-state index contributed by atoms with van der Waals surface area (Å²) in [5, 5.41) is 0.712. The molecular weight excluding hydrogens is 258 g/mol. The minimum atomic E-state index is 0.0982. The van der Waals surface area contributed by atoms with Crippen LogP contribution in [0.5, 0.6) is 0 Å². The standard InChI is InChI=1S/C16H16ClNO/c1-11-16(17)9-14(10-18-11)4-3-13-5-7-15(8-6-13)12(2)19/h5-10H,3-4H2,1-2H3. The zero-order chi connectivity index (χ0) is 13.8. The van der Waals surface area contributed by atoms with Crippen molar-refractivity contribution >= 4 is 17.4 Å². The Bertz CT molecular complexity index is 590. The average Bonchev–Trinajstić information content (AvgIpc) is 2.40. The molecule has 2 aromatic rings. The quantitative estimate of drug-likeness (QED) is 0.787. The molecule has 0 saturated heterocycles. The number of halogens is 1. The van der Waals surface area contributed by atoms with Gasteiger partial charge in [-0.1, -0.05) is 35.9 Å². The van der Waals surface area contributed by atoms with E-state index in [9.17, 15) is 4.79 Å². The van der Waals surface area contributed by atoms with Crippen LogP contribution in [0.25, 0.3) is 0 Å². The van der Waals surface area contributed by atoms with Gasteiger partial charge in [-0.25, -0.2) is 0 Å². The summed E-state index contributed by atoms with van der Waals surface area (Å²) in [6.45, 7) is 3.47. The number of Topliss-reactive ketones (excluding diaryl/α,β-unsaturated/α-hetero) is 1. The fraction of sp³-hybridized carbons (Fsp3) is 0.250. The molecule has 98 valence electrons. The van der Waals surface area contributed by atoms with Gasteiger partial charge in [0.25, 0.3) is 0 Å². The van der Waals surface area contributed by atoms with Gasteiger partial charge in [0.1, 0.15) is 0 Å². The monoisotopic (exact) mass is 273 g/mol. The smallest absolute Gasteiger partial charge is 0.159 e. The van der Waals surface area contributed by atoms with E-state index >= 15 is 0 Å². The first kappa shape index (κ1) is 13.8. The van der Waals surface area contributed by atoms with Gasteiger partial charge in [-0.3, -0.25) is 9.78 Å². The van der Waals surface area contributed by atoms with Crippen molar-refractivity contribution in [2.75, 3.05) is 0 Å². The number of ketones is 1. The molecule has 3 heteroatoms. The van der Waals surface area contributed by atoms with Gasteiger partial charge in [-0.05, 0) is 43.9 Å². The lowest BCUT2D eigenvalue weighted by atomic mass is 10.0. The van der Waals surface area contributed by atoms with Crippen molar-refractivity contribution in [3.05, 3.63) is 63.9 Å². The lowest BCUT2D eigenvalue weighted by Gasteiger charge is -2.04. The predicted molar refractivity (Wildman–Crippen MR) is 77.8 cm³/mol. The first-order valence-electron chi connectivity index (χ1n) is 6.27. The Morgan fingerprint density at radius 2 is 1.79 bits per heavy atom. The molecule has 0 aliphatic rings. The van der Waals surface area contributed by atoms with Crippen LogP contribution in [0.4, 0.5) is 0 Å². The van der Waals surface area contributed by atoms with Crippen LogP contribution < -0.4 is 0 Å². The van der Waals surface area contributed by atoms with Gasteiger partial charge < -0.3 is 0 Å². The zero-order valence-electron chi connectivity index (χ0n) is 11.1. The van der Waals surface area contributed by atoms with Crippen molar-refractivity contribution in [3.8, 4) is 0 Å². The van der Waals surface area contributed by atoms with Crippen LogP contribution in [0.1, 0.15) is 34.1 Å². The molecular formula is C16H16ClNO. The van der Waals surface area contributed by atoms with Crippen LogP contribution in [0, 0.1) is 6.92 Å². The van der Waals surface area contributed by atoms with Crippen molar-refractivity contribution in [2.24, 2.45) is 0 Å². The molecule has 0 bridgehead atoms. The molecule has 2 nitrogen and oxygen atoms in total. The number of benzene rings is 1. The molecule has 1 aromatic heterocycles. The molecule has 19 heavy (non-hydrogen) atoms. The summed E-state index contributed by atoms with van der Waals surface area (Å²) in [5.74, 6) is 0.0982. The molecule has 1 heterocycles. The van der Waals surface area contributed by atoms with Crippen LogP contribution in [0.2, 0.25) is 5.02 Å². The third-order valence-electron chi connectivity index (χ3n) is 3.14. The molecule has 0 aliphatic heterocycles. The SMILES string of the molecule is CC(=O)c1ccc(CCc2cnc(C)c(Cl)c2)cc1. The largest absolute Gasteiger partial charge is 0.295 e. The minimum Gasteiger partial charge on any atom is -0.295 e. The molecule has 0 atom stereocenters. The fourth-order valence-corrected chi connectivity index (χ4v) is 2.07. The molecule has 0 amide bonds. The van der Waals surface area contributed by atoms with E-state index in [1.807, 2.05) is 43.5 Å². The summed E-state index contributed by atoms with van der Waals surface area (Å²) in [6, 6.07) is 9.71. The Hall–Kier alpha value is -1.67. The highest BCUT2D eigenvalue weighted by molar-refractivity contribution is 6.31. The van der Waals surface area contributed by atoms with E-state index in [1.165, 1.54) is 5.56 Å². The van der Waals surface area contributed by atoms with Crippen molar-refractivity contribution < 1.29 is 4.79 Å². The first-order chi connectivity index (χ1) is 9.06. The zero-order valence-corrected chi connectivity index (χ0v) is 11.9. The molecule has 0 fully saturated rings. The molecule has 0 spiro atoms. The van der Waals surface area contributed by atoms with Crippen LogP contribution in [-0.2, 0) is 12.8 Å². The highest BCUT2D eigenvalue weighted by atomic mass is 35.5. The lowest BCUT2D eigenvalue weighted by molar-refractivity contribution is 0.101. The molecule has 0 radical (unpaired) electrons. The highest BCUT2D eigenvalue weighted by Crippen LogP contribution is 2.16. The van der Waals surface area contributed by atoms with E-state index in [1.54, 1.807) is 6.92 Å². The van der Waals surface area contributed by atoms with Crippen molar-refractivity contribution in [2.45, 2.75) is 26.7 Å². The van der Waals surface area contributed by atoms with Crippen LogP contribution in [0.3, 0.4) is 0 Å². The maximum absolute atomic E-state index is 11.2. The molecule has 0 N–H and O–H groups in total. The Balaban J connectivity index is 2.01. The summed E-state index contributed by atoms with van der Waals surface area (Å²) >= 11 is 6.05. The van der Waals surface area contributed by atoms with Gasteiger partial charge >= 0.3 is 0 Å². The Morgan fingerprint density at radius 3 is 2.37 bits per heavy atom. The van der Waals surface area contributed by atoms with Crippen molar-refractivity contribution in [1.82, 2.24) is 4.98 Å². The van der Waals surface area contributed by atoms with Crippen LogP contribution in [0.15, 0.2) is 36.5 Å². The predicted octanol–water partition coefficient (Wildman–Crippen LogP) is 4.03. The van der Waals surface area contributed by atoms with E-state index in [-0.39, 0.29) is 5.78 Å². The number of nitrogens with zero attached hydrogens (tertiary/aromatic N) is 1. The summed E-state index contributed by atoms with van der Waals surface area (Å²) in [5.41, 5.74) is 3.95. The first-order valence-corrected chi connectivity index (χ1v) is 6.65. The molecule has 1 aromatic carbocycles. The fourth-order valence-electron chi connectivity index (χ4n) is 1.88. The number of carbonyl (C=O) groups excluding carboxylic acids is 1. The van der Waals surface area contributed by atoms with Gasteiger partial charge in [-0.2, -0.15) is 0 Å². The number of rotatable bonds is 4. The molecule has 0 unspecified atom stereocenters. The van der Waals surface area contributed by atoms with E-state index in [2.05, 4.69) is 4.98 Å². The number of pyridine rings is 1. The average molecular weight is 274 g/mol. The van der Waals surface area contributed by atoms with Crippen molar-refractivity contribution in [1.29, 1.82) is 0 Å². The van der Waals surface area contributed by atoms with Gasteiger partial charge in [-0.15, -0.1) is 0 Å². The second-order valence-electron chi connectivity index (χ2n) is 4.66. The topological polar surface area (TPSA) is 30.0 Å². The van der Waals surface area contributed by atoms with Gasteiger partial charge in [0.15, 0.2) is 5.78 Å². The second-order valence-corrected chi connectivity index (χ2v) is 5.07. The Morgan fingerprint density at radius 1 is 1.16 bits per heavy atom. The van der Waals surface area contributed by atoms with Crippen LogP contribution >= 0.6 is 11.6 Å². The number of aryl methyl sites for hydroxylation is 3. The number of hydrogen-bond donors (Lipinski definition) is 0. The van der Waals surface area contributed by atoms with E-state index in [4.69, 9.17) is 11.6 Å². The van der Waals surface area contributed by atoms with Gasteiger partial charge in [0, 0.05) is 11.8 Å². The summed E-state index contributed by atoms with van der Waals surface area (Å²) < 4.78 is 0. The maximum atomic E-state index is 11.2. The third kappa shape index (κ3) is 3.65. The lowest BCUT2D eigenvalue weighted by Crippen LogP contribution is -1.96. The van der Waals surface area contributed by atoms with Gasteiger partial charge in [0.2, 0.25) is 0 Å². The number of hydrogen-bond acceptors (Lipinski definition) is 2. The summed E-state index contributed by atoms with van der Waals surface area (Å²) in [7, 11) is 0. The van der Waals surface area contributed by atoms with Gasteiger partial charge in [0.05, 0.1) is 10.7 Å². The number of carbonyl (C=O) groups is 1. The summed E-state index contributed by atoms with van der Waals surface area (Å²) in [6.07, 6.45) is 3.68. The maximum Gasteiger partial charge on any atom is 0.159 e. The van der Waals surface area contributed by atoms with E-state index < -0.39 is 0 Å². The third-order valence-corrected chi connectivity index (χ3v) is 3.53. The number of aromatic nitrogens is 1. The molecule has 2 rings (SSSR count). The van der Waals surface area contributed by atoms with Crippen LogP contribution in [-0.4, -0.2) is 10.8 Å². The van der Waals surface area contributed by atoms with E-state index in [0.29, 0.717) is 5.02 Å². The molecule has 0 saturated carbocycles. The summed E-state index contributed by atoms with van der Waals surface area (Å²) in [4.78, 5) is 15.4. The van der Waals surface area contributed by atoms with Crippen molar-refractivity contribution in [3.63, 3.8) is 0 Å². The Kier molecular flexibility index (Phi) is 4.33. The second kappa shape index (κ2) is 5.98.